The maximum Gasteiger partial charge on any atom is 0.407 e. The van der Waals surface area contributed by atoms with E-state index in [0.29, 0.717) is 59.4 Å². The van der Waals surface area contributed by atoms with E-state index in [1.165, 1.54) is 0 Å². The van der Waals surface area contributed by atoms with Crippen LogP contribution in [0.2, 0.25) is 0 Å². The van der Waals surface area contributed by atoms with E-state index in [9.17, 15) is 9.59 Å². The summed E-state index contributed by atoms with van der Waals surface area (Å²) in [5, 5.41) is 2.62. The Morgan fingerprint density at radius 3 is 1.88 bits per heavy atom. The highest BCUT2D eigenvalue weighted by Crippen LogP contribution is 2.08. The van der Waals surface area contributed by atoms with Crippen molar-refractivity contribution in [3.8, 4) is 0 Å². The summed E-state index contributed by atoms with van der Waals surface area (Å²) in [5.41, 5.74) is 0.462. The van der Waals surface area contributed by atoms with Crippen LogP contribution < -0.4 is 5.32 Å². The molecule has 0 aromatic heterocycles. The third-order valence-electron chi connectivity index (χ3n) is 3.72. The lowest BCUT2D eigenvalue weighted by Gasteiger charge is -2.19. The number of nitrogens with one attached hydrogen (secondary N) is 1. The molecule has 9 nitrogen and oxygen atoms in total. The number of ether oxygens (including phenoxy) is 6. The van der Waals surface area contributed by atoms with Crippen molar-refractivity contribution in [2.45, 2.75) is 39.4 Å². The number of alkyl carbamates (subject to hydrolysis) is 1. The molecule has 9 heteroatoms. The van der Waals surface area contributed by atoms with Crippen molar-refractivity contribution in [1.29, 1.82) is 0 Å². The number of hydrogen-bond donors (Lipinski definition) is 1. The fourth-order valence-electron chi connectivity index (χ4n) is 2.31. The minimum absolute atomic E-state index is 0.227. The Morgan fingerprint density at radius 1 is 0.781 bits per heavy atom. The zero-order valence-electron chi connectivity index (χ0n) is 19.4. The lowest BCUT2D eigenvalue weighted by Crippen LogP contribution is -2.28. The monoisotopic (exact) mass is 455 g/mol. The van der Waals surface area contributed by atoms with Gasteiger partial charge in [0.25, 0.3) is 0 Å². The molecule has 32 heavy (non-hydrogen) atoms. The van der Waals surface area contributed by atoms with Crippen LogP contribution in [0.15, 0.2) is 30.3 Å². The van der Waals surface area contributed by atoms with Gasteiger partial charge < -0.3 is 33.7 Å². The van der Waals surface area contributed by atoms with Gasteiger partial charge >= 0.3 is 12.1 Å². The average molecular weight is 456 g/mol. The van der Waals surface area contributed by atoms with Gasteiger partial charge in [-0.25, -0.2) is 4.79 Å². The predicted octanol–water partition coefficient (Wildman–Crippen LogP) is 2.71. The number of carbonyl (C=O) groups excluding carboxylic acids is 2. The molecule has 1 aromatic carbocycles. The van der Waals surface area contributed by atoms with E-state index in [1.54, 1.807) is 0 Å². The second-order valence-electron chi connectivity index (χ2n) is 7.77. The number of rotatable bonds is 17. The molecule has 0 aliphatic carbocycles. The molecular formula is C23H37NO8. The molecule has 0 fully saturated rings. The van der Waals surface area contributed by atoms with Gasteiger partial charge in [0.2, 0.25) is 0 Å². The molecule has 1 amide bonds. The number of benzene rings is 1. The number of amides is 1. The molecule has 0 aliphatic rings. The van der Waals surface area contributed by atoms with E-state index in [4.69, 9.17) is 28.4 Å². The first kappa shape index (κ1) is 27.8. The van der Waals surface area contributed by atoms with E-state index >= 15 is 0 Å². The summed E-state index contributed by atoms with van der Waals surface area (Å²) in [4.78, 5) is 23.1. The molecule has 0 heterocycles. The van der Waals surface area contributed by atoms with Crippen LogP contribution >= 0.6 is 0 Å². The van der Waals surface area contributed by atoms with E-state index in [2.05, 4.69) is 5.32 Å². The minimum Gasteiger partial charge on any atom is -0.460 e. The normalized spacial score (nSPS) is 11.2. The Labute approximate surface area is 190 Å². The largest absolute Gasteiger partial charge is 0.460 e. The molecule has 0 saturated heterocycles. The highest BCUT2D eigenvalue weighted by atomic mass is 16.6. The average Bonchev–Trinajstić information content (AvgIpc) is 2.74. The topological polar surface area (TPSA) is 102 Å². The molecule has 1 N–H and O–H groups in total. The van der Waals surface area contributed by atoms with E-state index < -0.39 is 11.7 Å². The Bertz CT molecular complexity index is 618. The van der Waals surface area contributed by atoms with Crippen LogP contribution in [0.25, 0.3) is 0 Å². The fourth-order valence-corrected chi connectivity index (χ4v) is 2.31. The summed E-state index contributed by atoms with van der Waals surface area (Å²) in [5.74, 6) is -0.271. The Hall–Kier alpha value is -2.20. The third kappa shape index (κ3) is 17.5. The van der Waals surface area contributed by atoms with E-state index in [0.717, 1.165) is 5.56 Å². The second kappa shape index (κ2) is 17.4. The molecule has 0 radical (unpaired) electrons. The van der Waals surface area contributed by atoms with Crippen LogP contribution in [-0.4, -0.2) is 77.1 Å². The highest BCUT2D eigenvalue weighted by molar-refractivity contribution is 5.69. The van der Waals surface area contributed by atoms with Crippen LogP contribution in [0, 0.1) is 0 Å². The van der Waals surface area contributed by atoms with Gasteiger partial charge in [0.15, 0.2) is 0 Å². The van der Waals surface area contributed by atoms with Crippen molar-refractivity contribution in [2.24, 2.45) is 0 Å². The molecule has 0 bridgehead atoms. The van der Waals surface area contributed by atoms with Crippen LogP contribution in [0.4, 0.5) is 4.79 Å². The van der Waals surface area contributed by atoms with Gasteiger partial charge in [-0.1, -0.05) is 30.3 Å². The number of hydrogen-bond acceptors (Lipinski definition) is 8. The Kier molecular flexibility index (Phi) is 15.1. The summed E-state index contributed by atoms with van der Waals surface area (Å²) in [6.45, 7) is 9.39. The molecule has 1 aromatic rings. The highest BCUT2D eigenvalue weighted by Gasteiger charge is 2.15. The Balaban J connectivity index is 1.78. The van der Waals surface area contributed by atoms with Crippen molar-refractivity contribution in [1.82, 2.24) is 5.32 Å². The second-order valence-corrected chi connectivity index (χ2v) is 7.77. The van der Waals surface area contributed by atoms with Crippen LogP contribution in [-0.2, 0) is 39.8 Å². The van der Waals surface area contributed by atoms with Gasteiger partial charge in [-0.3, -0.25) is 4.79 Å². The number of carbonyl (C=O) groups is 2. The summed E-state index contributed by atoms with van der Waals surface area (Å²) >= 11 is 0. The molecule has 0 atom stereocenters. The van der Waals surface area contributed by atoms with Gasteiger partial charge in [0.1, 0.15) is 12.2 Å². The van der Waals surface area contributed by atoms with Gasteiger partial charge in [0, 0.05) is 6.54 Å². The van der Waals surface area contributed by atoms with E-state index in [-0.39, 0.29) is 19.0 Å². The first-order chi connectivity index (χ1) is 15.4. The lowest BCUT2D eigenvalue weighted by atomic mass is 10.2. The maximum absolute atomic E-state index is 11.6. The molecule has 0 aliphatic heterocycles. The zero-order valence-corrected chi connectivity index (χ0v) is 19.4. The molecule has 1 rings (SSSR count). The quantitative estimate of drug-likeness (QED) is 0.283. The van der Waals surface area contributed by atoms with Crippen LogP contribution in [0.3, 0.4) is 0 Å². The predicted molar refractivity (Wildman–Crippen MR) is 118 cm³/mol. The van der Waals surface area contributed by atoms with E-state index in [1.807, 2.05) is 51.1 Å². The summed E-state index contributed by atoms with van der Waals surface area (Å²) in [6.07, 6.45) is -0.246. The van der Waals surface area contributed by atoms with Crippen LogP contribution in [0.1, 0.15) is 32.8 Å². The fraction of sp³-hybridized carbons (Fsp3) is 0.652. The van der Waals surface area contributed by atoms with Crippen molar-refractivity contribution in [3.63, 3.8) is 0 Å². The first-order valence-electron chi connectivity index (χ1n) is 10.8. The third-order valence-corrected chi connectivity index (χ3v) is 3.72. The smallest absolute Gasteiger partial charge is 0.407 e. The first-order valence-corrected chi connectivity index (χ1v) is 10.8. The molecule has 182 valence electrons. The summed E-state index contributed by atoms with van der Waals surface area (Å²) in [7, 11) is 0. The van der Waals surface area contributed by atoms with Crippen molar-refractivity contribution in [2.75, 3.05) is 59.4 Å². The number of esters is 1. The van der Waals surface area contributed by atoms with Gasteiger partial charge in [-0.05, 0) is 26.3 Å². The van der Waals surface area contributed by atoms with Gasteiger partial charge in [-0.15, -0.1) is 0 Å². The van der Waals surface area contributed by atoms with Crippen molar-refractivity contribution >= 4 is 12.1 Å². The molecule has 0 spiro atoms. The molecule has 0 unspecified atom stereocenters. The zero-order chi connectivity index (χ0) is 23.5. The Morgan fingerprint density at radius 2 is 1.31 bits per heavy atom. The summed E-state index contributed by atoms with van der Waals surface area (Å²) in [6, 6.07) is 9.48. The van der Waals surface area contributed by atoms with Crippen molar-refractivity contribution < 1.29 is 38.0 Å². The van der Waals surface area contributed by atoms with Crippen LogP contribution in [0.5, 0.6) is 0 Å². The minimum atomic E-state index is -0.473. The van der Waals surface area contributed by atoms with Gasteiger partial charge in [0.05, 0.1) is 59.3 Å². The van der Waals surface area contributed by atoms with Crippen molar-refractivity contribution in [3.05, 3.63) is 35.9 Å². The SMILES string of the molecule is CC(C)(C)OC(=O)CCOCCOCCOCCOCCNC(=O)OCc1ccccc1. The van der Waals surface area contributed by atoms with Gasteiger partial charge in [-0.2, -0.15) is 0 Å². The maximum atomic E-state index is 11.6. The molecular weight excluding hydrogens is 418 g/mol. The summed E-state index contributed by atoms with van der Waals surface area (Å²) < 4.78 is 31.8. The standard InChI is InChI=1S/C23H37NO8/c1-23(2,3)32-21(25)9-11-27-13-15-29-17-18-30-16-14-28-12-10-24-22(26)31-19-20-7-5-4-6-8-20/h4-8H,9-19H2,1-3H3,(H,24,26). The molecule has 0 saturated carbocycles. The lowest BCUT2D eigenvalue weighted by molar-refractivity contribution is -0.156.